The summed E-state index contributed by atoms with van der Waals surface area (Å²) in [4.78, 5) is 4.70. The van der Waals surface area contributed by atoms with Crippen LogP contribution in [0.4, 0.5) is 5.69 Å². The third-order valence-electron chi connectivity index (χ3n) is 4.44. The number of nitrogens with one attached hydrogen (secondary N) is 1. The van der Waals surface area contributed by atoms with Crippen LogP contribution in [0.15, 0.2) is 46.3 Å². The first kappa shape index (κ1) is 17.5. The van der Waals surface area contributed by atoms with Gasteiger partial charge in [-0.05, 0) is 66.6 Å². The van der Waals surface area contributed by atoms with E-state index in [1.54, 1.807) is 19.1 Å². The van der Waals surface area contributed by atoms with E-state index in [2.05, 4.69) is 22.4 Å². The molecule has 0 spiro atoms. The lowest BCUT2D eigenvalue weighted by molar-refractivity contribution is 0.601. The molecular weight excluding hydrogens is 334 g/mol. The monoisotopic (exact) mass is 357 g/mol. The number of anilines is 1. The van der Waals surface area contributed by atoms with Crippen LogP contribution in [0.3, 0.4) is 0 Å². The number of fused-ring (bicyclic) bond motifs is 1. The Kier molecular flexibility index (Phi) is 4.81. The highest BCUT2D eigenvalue weighted by Gasteiger charge is 2.12. The molecule has 0 saturated carbocycles. The number of hydrogen-bond acceptors (Lipinski definition) is 3. The van der Waals surface area contributed by atoms with E-state index in [1.165, 1.54) is 23.8 Å². The first-order valence-corrected chi connectivity index (χ1v) is 10.2. The Morgan fingerprint density at radius 2 is 1.92 bits per heavy atom. The van der Waals surface area contributed by atoms with Crippen molar-refractivity contribution in [1.29, 1.82) is 0 Å². The highest BCUT2D eigenvalue weighted by molar-refractivity contribution is 7.90. The molecule has 0 bridgehead atoms. The number of rotatable bonds is 4. The molecule has 0 unspecified atom stereocenters. The van der Waals surface area contributed by atoms with Gasteiger partial charge in [0.15, 0.2) is 15.8 Å². The Labute approximate surface area is 148 Å². The number of sulfone groups is 1. The molecule has 3 N–H and O–H groups in total. The third-order valence-corrected chi connectivity index (χ3v) is 5.70. The Hall–Kier alpha value is -2.34. The molecule has 0 heterocycles. The number of benzene rings is 2. The van der Waals surface area contributed by atoms with Crippen LogP contribution in [-0.2, 0) is 29.2 Å². The SMILES string of the molecule is Cc1cc(CN=C(N)Nc2ccc3c(c2)CCC3)ccc1S(C)(=O)=O. The fraction of sp³-hybridized carbons (Fsp3) is 0.316. The van der Waals surface area contributed by atoms with E-state index in [4.69, 9.17) is 5.73 Å². The molecule has 25 heavy (non-hydrogen) atoms. The van der Waals surface area contributed by atoms with Crippen LogP contribution in [0.25, 0.3) is 0 Å². The van der Waals surface area contributed by atoms with E-state index < -0.39 is 9.84 Å². The van der Waals surface area contributed by atoms with Gasteiger partial charge in [0.2, 0.25) is 0 Å². The van der Waals surface area contributed by atoms with Crippen molar-refractivity contribution in [1.82, 2.24) is 0 Å². The Balaban J connectivity index is 1.68. The van der Waals surface area contributed by atoms with Gasteiger partial charge in [0.1, 0.15) is 0 Å². The molecule has 0 saturated heterocycles. The fourth-order valence-corrected chi connectivity index (χ4v) is 4.20. The van der Waals surface area contributed by atoms with Gasteiger partial charge in [0.25, 0.3) is 0 Å². The minimum atomic E-state index is -3.20. The molecule has 3 rings (SSSR count). The molecule has 1 aliphatic rings. The number of nitrogens with zero attached hydrogens (tertiary/aromatic N) is 1. The molecule has 2 aromatic carbocycles. The van der Waals surface area contributed by atoms with Gasteiger partial charge in [-0.15, -0.1) is 0 Å². The molecule has 5 nitrogen and oxygen atoms in total. The van der Waals surface area contributed by atoms with Crippen molar-refractivity contribution in [2.45, 2.75) is 37.6 Å². The smallest absolute Gasteiger partial charge is 0.193 e. The van der Waals surface area contributed by atoms with E-state index in [-0.39, 0.29) is 0 Å². The van der Waals surface area contributed by atoms with E-state index >= 15 is 0 Å². The first-order valence-electron chi connectivity index (χ1n) is 8.31. The molecule has 0 aliphatic heterocycles. The number of nitrogens with two attached hydrogens (primary N) is 1. The minimum absolute atomic E-state index is 0.350. The summed E-state index contributed by atoms with van der Waals surface area (Å²) in [6.45, 7) is 2.18. The zero-order chi connectivity index (χ0) is 18.0. The lowest BCUT2D eigenvalue weighted by Gasteiger charge is -2.09. The molecule has 0 aromatic heterocycles. The van der Waals surface area contributed by atoms with Crippen LogP contribution >= 0.6 is 0 Å². The Morgan fingerprint density at radius 3 is 2.64 bits per heavy atom. The molecule has 0 atom stereocenters. The maximum Gasteiger partial charge on any atom is 0.193 e. The van der Waals surface area contributed by atoms with Crippen molar-refractivity contribution < 1.29 is 8.42 Å². The predicted molar refractivity (Wildman–Crippen MR) is 102 cm³/mol. The highest BCUT2D eigenvalue weighted by Crippen LogP contribution is 2.24. The van der Waals surface area contributed by atoms with Gasteiger partial charge >= 0.3 is 0 Å². The van der Waals surface area contributed by atoms with E-state index in [0.717, 1.165) is 29.7 Å². The maximum absolute atomic E-state index is 11.7. The molecule has 0 amide bonds. The number of hydrogen-bond donors (Lipinski definition) is 2. The van der Waals surface area contributed by atoms with Gasteiger partial charge in [-0.25, -0.2) is 13.4 Å². The second kappa shape index (κ2) is 6.88. The number of aryl methyl sites for hydroxylation is 3. The van der Waals surface area contributed by atoms with E-state index in [0.29, 0.717) is 17.4 Å². The number of guanidine groups is 1. The molecule has 2 aromatic rings. The summed E-state index contributed by atoms with van der Waals surface area (Å²) >= 11 is 0. The van der Waals surface area contributed by atoms with Crippen molar-refractivity contribution in [3.63, 3.8) is 0 Å². The molecule has 0 fully saturated rings. The molecule has 6 heteroatoms. The van der Waals surface area contributed by atoms with Gasteiger partial charge in [-0.1, -0.05) is 18.2 Å². The average Bonchev–Trinajstić information content (AvgIpc) is 2.99. The predicted octanol–water partition coefficient (Wildman–Crippen LogP) is 2.81. The largest absolute Gasteiger partial charge is 0.370 e. The van der Waals surface area contributed by atoms with Crippen LogP contribution in [-0.4, -0.2) is 20.6 Å². The average molecular weight is 357 g/mol. The van der Waals surface area contributed by atoms with Crippen molar-refractivity contribution in [3.05, 3.63) is 58.7 Å². The summed E-state index contributed by atoms with van der Waals surface area (Å²) in [5.74, 6) is 0.350. The summed E-state index contributed by atoms with van der Waals surface area (Å²) < 4.78 is 23.3. The van der Waals surface area contributed by atoms with Gasteiger partial charge < -0.3 is 11.1 Å². The van der Waals surface area contributed by atoms with Gasteiger partial charge in [-0.2, -0.15) is 0 Å². The summed E-state index contributed by atoms with van der Waals surface area (Å²) in [7, 11) is -3.20. The lowest BCUT2D eigenvalue weighted by Crippen LogP contribution is -2.22. The Bertz CT molecular complexity index is 934. The van der Waals surface area contributed by atoms with Gasteiger partial charge in [0.05, 0.1) is 11.4 Å². The van der Waals surface area contributed by atoms with Crippen molar-refractivity contribution in [3.8, 4) is 0 Å². The molecular formula is C19H23N3O2S. The number of aliphatic imine (C=N–C) groups is 1. The zero-order valence-corrected chi connectivity index (χ0v) is 15.4. The van der Waals surface area contributed by atoms with Gasteiger partial charge in [-0.3, -0.25) is 0 Å². The summed E-state index contributed by atoms with van der Waals surface area (Å²) in [6.07, 6.45) is 4.70. The van der Waals surface area contributed by atoms with Crippen LogP contribution in [0, 0.1) is 6.92 Å². The van der Waals surface area contributed by atoms with Crippen LogP contribution in [0.5, 0.6) is 0 Å². The lowest BCUT2D eigenvalue weighted by atomic mass is 10.1. The molecule has 1 aliphatic carbocycles. The minimum Gasteiger partial charge on any atom is -0.370 e. The Morgan fingerprint density at radius 1 is 1.16 bits per heavy atom. The second-order valence-electron chi connectivity index (χ2n) is 6.54. The first-order chi connectivity index (χ1) is 11.8. The highest BCUT2D eigenvalue weighted by atomic mass is 32.2. The molecule has 0 radical (unpaired) electrons. The van der Waals surface area contributed by atoms with Crippen molar-refractivity contribution >= 4 is 21.5 Å². The van der Waals surface area contributed by atoms with Crippen molar-refractivity contribution in [2.24, 2.45) is 10.7 Å². The topological polar surface area (TPSA) is 84.5 Å². The quantitative estimate of drug-likeness (QED) is 0.651. The normalized spacial score (nSPS) is 14.4. The third kappa shape index (κ3) is 4.20. The van der Waals surface area contributed by atoms with Crippen molar-refractivity contribution in [2.75, 3.05) is 11.6 Å². The van der Waals surface area contributed by atoms with Gasteiger partial charge in [0, 0.05) is 11.9 Å². The van der Waals surface area contributed by atoms with E-state index in [1.807, 2.05) is 12.1 Å². The fourth-order valence-electron chi connectivity index (χ4n) is 3.24. The second-order valence-corrected chi connectivity index (χ2v) is 8.52. The van der Waals surface area contributed by atoms with Crippen LogP contribution in [0.2, 0.25) is 0 Å². The zero-order valence-electron chi connectivity index (χ0n) is 14.5. The van der Waals surface area contributed by atoms with E-state index in [9.17, 15) is 8.42 Å². The molecule has 132 valence electrons. The summed E-state index contributed by atoms with van der Waals surface area (Å²) in [5, 5.41) is 3.12. The van der Waals surface area contributed by atoms with Crippen LogP contribution < -0.4 is 11.1 Å². The summed E-state index contributed by atoms with van der Waals surface area (Å²) in [6, 6.07) is 11.5. The summed E-state index contributed by atoms with van der Waals surface area (Å²) in [5.41, 5.74) is 11.4. The van der Waals surface area contributed by atoms with Crippen LogP contribution in [0.1, 0.15) is 28.7 Å². The maximum atomic E-state index is 11.7. The standard InChI is InChI=1S/C19H23N3O2S/c1-13-10-14(6-9-18(13)25(2,23)24)12-21-19(20)22-17-8-7-15-4-3-5-16(15)11-17/h6-11H,3-5,12H2,1-2H3,(H3,20,21,22).